The number of anilines is 1. The lowest BCUT2D eigenvalue weighted by Crippen LogP contribution is -2.31. The van der Waals surface area contributed by atoms with Gasteiger partial charge in [0.15, 0.2) is 5.78 Å². The van der Waals surface area contributed by atoms with Crippen LogP contribution in [-0.2, 0) is 6.54 Å². The zero-order valence-electron chi connectivity index (χ0n) is 13.1. The maximum absolute atomic E-state index is 12.9. The van der Waals surface area contributed by atoms with Gasteiger partial charge in [-0.05, 0) is 24.7 Å². The molecule has 0 radical (unpaired) electrons. The molecular formula is C16H27N3O2. The van der Waals surface area contributed by atoms with Gasteiger partial charge in [0, 0.05) is 5.92 Å². The van der Waals surface area contributed by atoms with Gasteiger partial charge in [-0.25, -0.2) is 4.68 Å². The fraction of sp³-hybridized carbons (Fsp3) is 0.750. The van der Waals surface area contributed by atoms with E-state index in [9.17, 15) is 4.79 Å². The number of Topliss-reactive ketones (excluding diaryl/α,β-unsaturated/α-hetero) is 1. The smallest absolute Gasteiger partial charge is 0.171 e. The average Bonchev–Trinajstić information content (AvgIpc) is 2.87. The van der Waals surface area contributed by atoms with E-state index in [0.717, 1.165) is 25.7 Å². The number of nitrogens with zero attached hydrogens (tertiary/aromatic N) is 2. The number of aromatic nitrogens is 2. The minimum absolute atomic E-state index is 0.0293. The van der Waals surface area contributed by atoms with E-state index in [2.05, 4.69) is 18.9 Å². The quantitative estimate of drug-likeness (QED) is 0.790. The highest BCUT2D eigenvalue weighted by atomic mass is 16.3. The van der Waals surface area contributed by atoms with Crippen LogP contribution in [0.1, 0.15) is 56.3 Å². The first-order chi connectivity index (χ1) is 10.1. The van der Waals surface area contributed by atoms with Gasteiger partial charge in [-0.3, -0.25) is 4.79 Å². The van der Waals surface area contributed by atoms with Crippen LogP contribution in [0.15, 0.2) is 6.20 Å². The van der Waals surface area contributed by atoms with Crippen molar-refractivity contribution in [3.63, 3.8) is 0 Å². The molecule has 0 spiro atoms. The molecular weight excluding hydrogens is 266 g/mol. The standard InChI is InChI=1S/C16H27N3O2/c1-3-11(2)12-6-4-5-7-13(12)15(21)14-10-18-19(8-9-20)16(14)17/h10-13,20H,3-9,17H2,1-2H3. The van der Waals surface area contributed by atoms with Crippen molar-refractivity contribution in [1.82, 2.24) is 9.78 Å². The van der Waals surface area contributed by atoms with Crippen LogP contribution in [0.25, 0.3) is 0 Å². The molecule has 1 heterocycles. The van der Waals surface area contributed by atoms with Crippen LogP contribution in [0, 0.1) is 17.8 Å². The molecule has 118 valence electrons. The van der Waals surface area contributed by atoms with Crippen LogP contribution in [0.3, 0.4) is 0 Å². The fourth-order valence-corrected chi connectivity index (χ4v) is 3.53. The van der Waals surface area contributed by atoms with E-state index in [0.29, 0.717) is 29.8 Å². The number of aliphatic hydroxyl groups excluding tert-OH is 1. The predicted octanol–water partition coefficient (Wildman–Crippen LogP) is 2.49. The van der Waals surface area contributed by atoms with Crippen molar-refractivity contribution < 1.29 is 9.90 Å². The molecule has 0 aliphatic heterocycles. The largest absolute Gasteiger partial charge is 0.394 e. The molecule has 1 saturated carbocycles. The van der Waals surface area contributed by atoms with Gasteiger partial charge in [0.1, 0.15) is 5.82 Å². The molecule has 1 aromatic rings. The van der Waals surface area contributed by atoms with Gasteiger partial charge in [0.05, 0.1) is 24.9 Å². The van der Waals surface area contributed by atoms with Crippen molar-refractivity contribution in [3.8, 4) is 0 Å². The topological polar surface area (TPSA) is 81.1 Å². The summed E-state index contributed by atoms with van der Waals surface area (Å²) in [4.78, 5) is 12.9. The lowest BCUT2D eigenvalue weighted by Gasteiger charge is -2.34. The highest BCUT2D eigenvalue weighted by Crippen LogP contribution is 2.38. The molecule has 3 atom stereocenters. The number of hydrogen-bond acceptors (Lipinski definition) is 4. The Morgan fingerprint density at radius 3 is 2.90 bits per heavy atom. The summed E-state index contributed by atoms with van der Waals surface area (Å²) in [5.74, 6) is 1.62. The summed E-state index contributed by atoms with van der Waals surface area (Å²) in [6.07, 6.45) is 7.10. The molecule has 3 N–H and O–H groups in total. The molecule has 1 aromatic heterocycles. The molecule has 3 unspecified atom stereocenters. The summed E-state index contributed by atoms with van der Waals surface area (Å²) in [7, 11) is 0. The van der Waals surface area contributed by atoms with Crippen LogP contribution >= 0.6 is 0 Å². The Kier molecular flexibility index (Phi) is 5.39. The van der Waals surface area contributed by atoms with Crippen molar-refractivity contribution in [2.45, 2.75) is 52.5 Å². The van der Waals surface area contributed by atoms with E-state index in [-0.39, 0.29) is 18.3 Å². The fourth-order valence-electron chi connectivity index (χ4n) is 3.53. The number of carbonyl (C=O) groups excluding carboxylic acids is 1. The zero-order valence-corrected chi connectivity index (χ0v) is 13.1. The molecule has 0 bridgehead atoms. The van der Waals surface area contributed by atoms with Crippen LogP contribution in [0.4, 0.5) is 5.82 Å². The molecule has 1 fully saturated rings. The molecule has 0 amide bonds. The Morgan fingerprint density at radius 1 is 1.52 bits per heavy atom. The lowest BCUT2D eigenvalue weighted by molar-refractivity contribution is 0.0763. The monoisotopic (exact) mass is 293 g/mol. The van der Waals surface area contributed by atoms with Crippen molar-refractivity contribution in [1.29, 1.82) is 0 Å². The molecule has 1 aliphatic rings. The normalized spacial score (nSPS) is 24.0. The van der Waals surface area contributed by atoms with E-state index in [1.807, 2.05) is 0 Å². The number of rotatable bonds is 6. The van der Waals surface area contributed by atoms with Gasteiger partial charge in [-0.15, -0.1) is 0 Å². The second-order valence-corrected chi connectivity index (χ2v) is 6.19. The number of ketones is 1. The van der Waals surface area contributed by atoms with E-state index >= 15 is 0 Å². The molecule has 2 rings (SSSR count). The third-order valence-electron chi connectivity index (χ3n) is 4.99. The third-order valence-corrected chi connectivity index (χ3v) is 4.99. The number of carbonyl (C=O) groups is 1. The van der Waals surface area contributed by atoms with E-state index < -0.39 is 0 Å². The van der Waals surface area contributed by atoms with Crippen molar-refractivity contribution in [2.75, 3.05) is 12.3 Å². The first-order valence-corrected chi connectivity index (χ1v) is 8.06. The Hall–Kier alpha value is -1.36. The van der Waals surface area contributed by atoms with Gasteiger partial charge in [-0.2, -0.15) is 5.10 Å². The lowest BCUT2D eigenvalue weighted by atomic mass is 9.69. The molecule has 5 heteroatoms. The Bertz CT molecular complexity index is 484. The maximum atomic E-state index is 12.9. The first kappa shape index (κ1) is 16.0. The van der Waals surface area contributed by atoms with Gasteiger partial charge in [-0.1, -0.05) is 33.1 Å². The molecule has 0 saturated heterocycles. The number of nitrogen functional groups attached to an aromatic ring is 1. The summed E-state index contributed by atoms with van der Waals surface area (Å²) in [6.45, 7) is 4.74. The van der Waals surface area contributed by atoms with Crippen molar-refractivity contribution >= 4 is 11.6 Å². The minimum atomic E-state index is -0.0293. The van der Waals surface area contributed by atoms with Gasteiger partial charge in [0.25, 0.3) is 0 Å². The molecule has 0 aromatic carbocycles. The zero-order chi connectivity index (χ0) is 15.4. The van der Waals surface area contributed by atoms with Gasteiger partial charge < -0.3 is 10.8 Å². The highest BCUT2D eigenvalue weighted by Gasteiger charge is 2.35. The number of nitrogens with two attached hydrogens (primary N) is 1. The van der Waals surface area contributed by atoms with Crippen LogP contribution in [-0.4, -0.2) is 27.3 Å². The first-order valence-electron chi connectivity index (χ1n) is 8.06. The number of aliphatic hydroxyl groups is 1. The van der Waals surface area contributed by atoms with Gasteiger partial charge >= 0.3 is 0 Å². The van der Waals surface area contributed by atoms with Crippen LogP contribution in [0.5, 0.6) is 0 Å². The number of hydrogen-bond donors (Lipinski definition) is 2. The van der Waals surface area contributed by atoms with E-state index in [1.54, 1.807) is 6.20 Å². The Balaban J connectivity index is 2.20. The second kappa shape index (κ2) is 7.07. The summed E-state index contributed by atoms with van der Waals surface area (Å²) in [5, 5.41) is 13.1. The SMILES string of the molecule is CCC(C)C1CCCCC1C(=O)c1cnn(CCO)c1N. The molecule has 21 heavy (non-hydrogen) atoms. The molecule has 1 aliphatic carbocycles. The van der Waals surface area contributed by atoms with Gasteiger partial charge in [0.2, 0.25) is 0 Å². The second-order valence-electron chi connectivity index (χ2n) is 6.19. The summed E-state index contributed by atoms with van der Waals surface area (Å²) in [6, 6.07) is 0. The highest BCUT2D eigenvalue weighted by molar-refractivity contribution is 6.01. The van der Waals surface area contributed by atoms with E-state index in [4.69, 9.17) is 10.8 Å². The Morgan fingerprint density at radius 2 is 2.24 bits per heavy atom. The Labute approximate surface area is 126 Å². The summed E-state index contributed by atoms with van der Waals surface area (Å²) < 4.78 is 1.51. The summed E-state index contributed by atoms with van der Waals surface area (Å²) >= 11 is 0. The van der Waals surface area contributed by atoms with E-state index in [1.165, 1.54) is 11.1 Å². The average molecular weight is 293 g/mol. The van der Waals surface area contributed by atoms with Crippen LogP contribution in [0.2, 0.25) is 0 Å². The van der Waals surface area contributed by atoms with Crippen LogP contribution < -0.4 is 5.73 Å². The summed E-state index contributed by atoms with van der Waals surface area (Å²) in [5.41, 5.74) is 6.55. The molecule has 5 nitrogen and oxygen atoms in total. The maximum Gasteiger partial charge on any atom is 0.171 e. The third kappa shape index (κ3) is 3.28. The van der Waals surface area contributed by atoms with Crippen molar-refractivity contribution in [3.05, 3.63) is 11.8 Å². The predicted molar refractivity (Wildman–Crippen MR) is 83.0 cm³/mol. The minimum Gasteiger partial charge on any atom is -0.394 e. The van der Waals surface area contributed by atoms with Crippen molar-refractivity contribution in [2.24, 2.45) is 17.8 Å².